The zero-order valence-electron chi connectivity index (χ0n) is 9.95. The van der Waals surface area contributed by atoms with Crippen LogP contribution in [0.1, 0.15) is 24.1 Å². The summed E-state index contributed by atoms with van der Waals surface area (Å²) in [4.78, 5) is 4.08. The average Bonchev–Trinajstić information content (AvgIpc) is 2.83. The standard InChI is InChI=1S/C13H22N2S/c1-2-9-15(10-3-1)11-8-14-7-6-13-5-4-12-16-13/h4-5,12,14H,1-3,6-11H2. The third kappa shape index (κ3) is 4.24. The fourth-order valence-corrected chi connectivity index (χ4v) is 2.92. The van der Waals surface area contributed by atoms with Crippen LogP contribution in [0.2, 0.25) is 0 Å². The molecule has 1 fully saturated rings. The SMILES string of the molecule is c1csc(CCNCCN2CCCCC2)c1. The van der Waals surface area contributed by atoms with E-state index in [9.17, 15) is 0 Å². The lowest BCUT2D eigenvalue weighted by Gasteiger charge is -2.26. The van der Waals surface area contributed by atoms with Crippen LogP contribution in [-0.4, -0.2) is 37.6 Å². The van der Waals surface area contributed by atoms with Gasteiger partial charge < -0.3 is 10.2 Å². The minimum Gasteiger partial charge on any atom is -0.315 e. The molecular weight excluding hydrogens is 216 g/mol. The van der Waals surface area contributed by atoms with Crippen molar-refractivity contribution >= 4 is 11.3 Å². The molecule has 2 heterocycles. The van der Waals surface area contributed by atoms with Crippen LogP contribution in [0.5, 0.6) is 0 Å². The Morgan fingerprint density at radius 1 is 1.19 bits per heavy atom. The molecular formula is C13H22N2S. The summed E-state index contributed by atoms with van der Waals surface area (Å²) in [6.45, 7) is 6.11. The molecule has 0 aromatic carbocycles. The molecule has 0 atom stereocenters. The van der Waals surface area contributed by atoms with Crippen molar-refractivity contribution in [1.29, 1.82) is 0 Å². The molecule has 0 amide bonds. The molecule has 0 unspecified atom stereocenters. The molecule has 1 N–H and O–H groups in total. The first-order valence-corrected chi connectivity index (χ1v) is 7.28. The Kier molecular flexibility index (Phi) is 5.32. The second-order valence-electron chi connectivity index (χ2n) is 4.48. The maximum atomic E-state index is 3.54. The van der Waals surface area contributed by atoms with Gasteiger partial charge in [0.15, 0.2) is 0 Å². The molecule has 2 rings (SSSR count). The van der Waals surface area contributed by atoms with Crippen LogP contribution >= 0.6 is 11.3 Å². The molecule has 1 aliphatic heterocycles. The van der Waals surface area contributed by atoms with Crippen LogP contribution in [-0.2, 0) is 6.42 Å². The number of piperidine rings is 1. The molecule has 1 aromatic heterocycles. The van der Waals surface area contributed by atoms with Crippen LogP contribution < -0.4 is 5.32 Å². The van der Waals surface area contributed by atoms with E-state index in [-0.39, 0.29) is 0 Å². The topological polar surface area (TPSA) is 15.3 Å². The first-order valence-electron chi connectivity index (χ1n) is 6.40. The smallest absolute Gasteiger partial charge is 0.0107 e. The van der Waals surface area contributed by atoms with E-state index in [0.717, 1.165) is 13.1 Å². The second-order valence-corrected chi connectivity index (χ2v) is 5.51. The minimum atomic E-state index is 1.12. The predicted molar refractivity (Wildman–Crippen MR) is 71.2 cm³/mol. The van der Waals surface area contributed by atoms with Gasteiger partial charge in [0, 0.05) is 24.5 Å². The van der Waals surface area contributed by atoms with Gasteiger partial charge in [0.1, 0.15) is 0 Å². The Morgan fingerprint density at radius 3 is 2.81 bits per heavy atom. The Labute approximate surface area is 103 Å². The summed E-state index contributed by atoms with van der Waals surface area (Å²) in [6, 6.07) is 4.35. The van der Waals surface area contributed by atoms with Gasteiger partial charge in [-0.05, 0) is 43.8 Å². The number of hydrogen-bond donors (Lipinski definition) is 1. The van der Waals surface area contributed by atoms with Gasteiger partial charge in [-0.15, -0.1) is 11.3 Å². The highest BCUT2D eigenvalue weighted by Crippen LogP contribution is 2.08. The van der Waals surface area contributed by atoms with E-state index in [1.165, 1.54) is 50.2 Å². The second kappa shape index (κ2) is 7.05. The highest BCUT2D eigenvalue weighted by Gasteiger charge is 2.08. The van der Waals surface area contributed by atoms with Gasteiger partial charge in [-0.1, -0.05) is 12.5 Å². The number of thiophene rings is 1. The van der Waals surface area contributed by atoms with E-state index in [2.05, 4.69) is 27.7 Å². The van der Waals surface area contributed by atoms with Gasteiger partial charge in [0.05, 0.1) is 0 Å². The molecule has 90 valence electrons. The van der Waals surface area contributed by atoms with Crippen molar-refractivity contribution in [3.63, 3.8) is 0 Å². The normalized spacial score (nSPS) is 17.8. The van der Waals surface area contributed by atoms with E-state index in [4.69, 9.17) is 0 Å². The number of nitrogens with one attached hydrogen (secondary N) is 1. The average molecular weight is 238 g/mol. The number of likely N-dealkylation sites (tertiary alicyclic amines) is 1. The molecule has 3 heteroatoms. The Morgan fingerprint density at radius 2 is 2.06 bits per heavy atom. The summed E-state index contributed by atoms with van der Waals surface area (Å²) in [7, 11) is 0. The van der Waals surface area contributed by atoms with Crippen molar-refractivity contribution in [2.45, 2.75) is 25.7 Å². The van der Waals surface area contributed by atoms with Crippen molar-refractivity contribution in [2.75, 3.05) is 32.7 Å². The van der Waals surface area contributed by atoms with Crippen LogP contribution in [0, 0.1) is 0 Å². The molecule has 16 heavy (non-hydrogen) atoms. The first-order chi connectivity index (χ1) is 7.95. The van der Waals surface area contributed by atoms with Gasteiger partial charge in [0.25, 0.3) is 0 Å². The lowest BCUT2D eigenvalue weighted by Crippen LogP contribution is -2.36. The van der Waals surface area contributed by atoms with Crippen molar-refractivity contribution in [1.82, 2.24) is 10.2 Å². The van der Waals surface area contributed by atoms with Gasteiger partial charge in [-0.3, -0.25) is 0 Å². The van der Waals surface area contributed by atoms with Gasteiger partial charge in [-0.25, -0.2) is 0 Å². The molecule has 1 saturated heterocycles. The molecule has 0 bridgehead atoms. The molecule has 2 nitrogen and oxygen atoms in total. The number of nitrogens with zero attached hydrogens (tertiary/aromatic N) is 1. The summed E-state index contributed by atoms with van der Waals surface area (Å²) in [5.74, 6) is 0. The molecule has 0 saturated carbocycles. The lowest BCUT2D eigenvalue weighted by atomic mass is 10.1. The van der Waals surface area contributed by atoms with E-state index >= 15 is 0 Å². The van der Waals surface area contributed by atoms with E-state index in [1.807, 2.05) is 11.3 Å². The molecule has 1 aromatic rings. The van der Waals surface area contributed by atoms with Crippen LogP contribution in [0.3, 0.4) is 0 Å². The lowest BCUT2D eigenvalue weighted by molar-refractivity contribution is 0.229. The quantitative estimate of drug-likeness (QED) is 0.765. The predicted octanol–water partition coefficient (Wildman–Crippen LogP) is 2.37. The Balaban J connectivity index is 1.48. The molecule has 0 spiro atoms. The fraction of sp³-hybridized carbons (Fsp3) is 0.692. The summed E-state index contributed by atoms with van der Waals surface area (Å²) in [5, 5.41) is 5.69. The largest absolute Gasteiger partial charge is 0.315 e. The van der Waals surface area contributed by atoms with Crippen LogP contribution in [0.4, 0.5) is 0 Å². The maximum Gasteiger partial charge on any atom is 0.0107 e. The summed E-state index contributed by atoms with van der Waals surface area (Å²) in [5.41, 5.74) is 0. The monoisotopic (exact) mass is 238 g/mol. The molecule has 0 aliphatic carbocycles. The van der Waals surface area contributed by atoms with Crippen molar-refractivity contribution in [2.24, 2.45) is 0 Å². The van der Waals surface area contributed by atoms with Gasteiger partial charge >= 0.3 is 0 Å². The number of hydrogen-bond acceptors (Lipinski definition) is 3. The zero-order valence-corrected chi connectivity index (χ0v) is 10.8. The third-order valence-electron chi connectivity index (χ3n) is 3.18. The fourth-order valence-electron chi connectivity index (χ4n) is 2.21. The summed E-state index contributed by atoms with van der Waals surface area (Å²) in [6.07, 6.45) is 5.41. The van der Waals surface area contributed by atoms with Gasteiger partial charge in [-0.2, -0.15) is 0 Å². The molecule has 0 radical (unpaired) electrons. The highest BCUT2D eigenvalue weighted by molar-refractivity contribution is 7.09. The van der Waals surface area contributed by atoms with Crippen molar-refractivity contribution < 1.29 is 0 Å². The summed E-state index contributed by atoms with van der Waals surface area (Å²) >= 11 is 1.86. The zero-order chi connectivity index (χ0) is 11.1. The maximum absolute atomic E-state index is 3.54. The Hall–Kier alpha value is -0.380. The minimum absolute atomic E-state index is 1.12. The molecule has 1 aliphatic rings. The van der Waals surface area contributed by atoms with Crippen LogP contribution in [0.15, 0.2) is 17.5 Å². The van der Waals surface area contributed by atoms with Gasteiger partial charge in [0.2, 0.25) is 0 Å². The van der Waals surface area contributed by atoms with Crippen molar-refractivity contribution in [3.05, 3.63) is 22.4 Å². The third-order valence-corrected chi connectivity index (χ3v) is 4.12. The summed E-state index contributed by atoms with van der Waals surface area (Å²) < 4.78 is 0. The first kappa shape index (κ1) is 12.1. The van der Waals surface area contributed by atoms with E-state index in [0.29, 0.717) is 0 Å². The van der Waals surface area contributed by atoms with E-state index < -0.39 is 0 Å². The van der Waals surface area contributed by atoms with Crippen molar-refractivity contribution in [3.8, 4) is 0 Å². The number of rotatable bonds is 6. The van der Waals surface area contributed by atoms with Crippen LogP contribution in [0.25, 0.3) is 0 Å². The van der Waals surface area contributed by atoms with E-state index in [1.54, 1.807) is 0 Å². The Bertz CT molecular complexity index is 265. The highest BCUT2D eigenvalue weighted by atomic mass is 32.1.